The van der Waals surface area contributed by atoms with E-state index in [0.29, 0.717) is 5.13 Å². The van der Waals surface area contributed by atoms with E-state index in [0.717, 1.165) is 42.1 Å². The van der Waals surface area contributed by atoms with Gasteiger partial charge in [0.2, 0.25) is 5.13 Å². The Morgan fingerprint density at radius 1 is 1.29 bits per heavy atom. The van der Waals surface area contributed by atoms with Crippen LogP contribution in [0.5, 0.6) is 0 Å². The van der Waals surface area contributed by atoms with Gasteiger partial charge in [-0.05, 0) is 0 Å². The molecule has 3 heterocycles. The molecular weight excluding hydrogens is 258 g/mol. The van der Waals surface area contributed by atoms with Crippen LogP contribution in [0, 0.1) is 0 Å². The van der Waals surface area contributed by atoms with Gasteiger partial charge in [-0.3, -0.25) is 0 Å². The molecule has 0 radical (unpaired) electrons. The standard InChI is InChI=1S/C9H11N5OS2/c10-8-13-12-7(17-8)6-5-16-9(11-6)14-1-3-15-4-2-14/h5H,1-4H2,(H2,10,13). The first-order valence-corrected chi connectivity index (χ1v) is 6.90. The van der Waals surface area contributed by atoms with Crippen molar-refractivity contribution in [3.63, 3.8) is 0 Å². The van der Waals surface area contributed by atoms with E-state index in [1.54, 1.807) is 11.3 Å². The number of hydrogen-bond acceptors (Lipinski definition) is 8. The molecular formula is C9H11N5OS2. The fourth-order valence-electron chi connectivity index (χ4n) is 1.60. The molecule has 0 aromatic carbocycles. The summed E-state index contributed by atoms with van der Waals surface area (Å²) in [5.74, 6) is 0. The summed E-state index contributed by atoms with van der Waals surface area (Å²) >= 11 is 2.97. The molecule has 2 aromatic rings. The van der Waals surface area contributed by atoms with Gasteiger partial charge in [0.1, 0.15) is 5.69 Å². The van der Waals surface area contributed by atoms with Crippen molar-refractivity contribution >= 4 is 32.9 Å². The van der Waals surface area contributed by atoms with E-state index in [4.69, 9.17) is 10.5 Å². The van der Waals surface area contributed by atoms with E-state index in [9.17, 15) is 0 Å². The topological polar surface area (TPSA) is 77.2 Å². The van der Waals surface area contributed by atoms with E-state index < -0.39 is 0 Å². The zero-order chi connectivity index (χ0) is 11.7. The summed E-state index contributed by atoms with van der Waals surface area (Å²) in [4.78, 5) is 6.78. The van der Waals surface area contributed by atoms with Crippen LogP contribution in [-0.2, 0) is 4.74 Å². The molecule has 6 nitrogen and oxygen atoms in total. The third kappa shape index (κ3) is 2.24. The highest BCUT2D eigenvalue weighted by molar-refractivity contribution is 7.19. The van der Waals surface area contributed by atoms with E-state index in [1.165, 1.54) is 11.3 Å². The molecule has 0 spiro atoms. The fourth-order valence-corrected chi connectivity index (χ4v) is 3.11. The molecule has 0 unspecified atom stereocenters. The van der Waals surface area contributed by atoms with Gasteiger partial charge in [-0.1, -0.05) is 11.3 Å². The Morgan fingerprint density at radius 3 is 2.82 bits per heavy atom. The highest BCUT2D eigenvalue weighted by Gasteiger charge is 2.16. The maximum absolute atomic E-state index is 5.56. The first-order chi connectivity index (χ1) is 8.33. The molecule has 3 rings (SSSR count). The number of rotatable bonds is 2. The van der Waals surface area contributed by atoms with Crippen molar-refractivity contribution < 1.29 is 4.74 Å². The van der Waals surface area contributed by atoms with E-state index in [2.05, 4.69) is 20.1 Å². The summed E-state index contributed by atoms with van der Waals surface area (Å²) in [7, 11) is 0. The normalized spacial score (nSPS) is 16.4. The van der Waals surface area contributed by atoms with E-state index in [1.807, 2.05) is 5.38 Å². The Morgan fingerprint density at radius 2 is 2.12 bits per heavy atom. The van der Waals surface area contributed by atoms with Gasteiger partial charge in [0, 0.05) is 18.5 Å². The Kier molecular flexibility index (Phi) is 2.91. The van der Waals surface area contributed by atoms with Gasteiger partial charge >= 0.3 is 0 Å². The number of nitrogens with zero attached hydrogens (tertiary/aromatic N) is 4. The van der Waals surface area contributed by atoms with Crippen molar-refractivity contribution in [2.24, 2.45) is 0 Å². The molecule has 17 heavy (non-hydrogen) atoms. The Bertz CT molecular complexity index is 505. The monoisotopic (exact) mass is 269 g/mol. The average molecular weight is 269 g/mol. The lowest BCUT2D eigenvalue weighted by Crippen LogP contribution is -2.36. The molecule has 1 aliphatic heterocycles. The summed E-state index contributed by atoms with van der Waals surface area (Å²) in [6.45, 7) is 3.32. The molecule has 90 valence electrons. The molecule has 2 N–H and O–H groups in total. The second kappa shape index (κ2) is 4.55. The molecule has 1 saturated heterocycles. The van der Waals surface area contributed by atoms with E-state index >= 15 is 0 Å². The number of morpholine rings is 1. The highest BCUT2D eigenvalue weighted by Crippen LogP contribution is 2.30. The molecule has 1 fully saturated rings. The first-order valence-electron chi connectivity index (χ1n) is 5.20. The number of anilines is 2. The van der Waals surface area contributed by atoms with Gasteiger partial charge in [-0.2, -0.15) is 0 Å². The molecule has 8 heteroatoms. The summed E-state index contributed by atoms with van der Waals surface area (Å²) in [6.07, 6.45) is 0. The van der Waals surface area contributed by atoms with Crippen molar-refractivity contribution in [3.05, 3.63) is 5.38 Å². The second-order valence-corrected chi connectivity index (χ2v) is 5.41. The van der Waals surface area contributed by atoms with E-state index in [-0.39, 0.29) is 0 Å². The van der Waals surface area contributed by atoms with Crippen LogP contribution < -0.4 is 10.6 Å². The quantitative estimate of drug-likeness (QED) is 0.879. The molecule has 0 saturated carbocycles. The fraction of sp³-hybridized carbons (Fsp3) is 0.444. The van der Waals surface area contributed by atoms with Gasteiger partial charge in [0.05, 0.1) is 13.2 Å². The van der Waals surface area contributed by atoms with Gasteiger partial charge in [-0.15, -0.1) is 21.5 Å². The van der Waals surface area contributed by atoms with Gasteiger partial charge in [0.15, 0.2) is 10.1 Å². The first kappa shape index (κ1) is 10.9. The third-order valence-corrected chi connectivity index (χ3v) is 4.11. The van der Waals surface area contributed by atoms with Crippen molar-refractivity contribution in [2.75, 3.05) is 36.9 Å². The van der Waals surface area contributed by atoms with Crippen LogP contribution in [0.4, 0.5) is 10.3 Å². The number of nitrogens with two attached hydrogens (primary N) is 1. The number of nitrogen functional groups attached to an aromatic ring is 1. The minimum atomic E-state index is 0.473. The van der Waals surface area contributed by atoms with Crippen molar-refractivity contribution in [2.45, 2.75) is 0 Å². The van der Waals surface area contributed by atoms with Gasteiger partial charge in [0.25, 0.3) is 0 Å². The number of thiazole rings is 1. The Hall–Kier alpha value is -1.25. The Labute approximate surface area is 106 Å². The molecule has 1 aliphatic rings. The zero-order valence-electron chi connectivity index (χ0n) is 9.00. The summed E-state index contributed by atoms with van der Waals surface area (Å²) in [5, 5.41) is 12.0. The predicted octanol–water partition coefficient (Wildman–Crippen LogP) is 1.08. The van der Waals surface area contributed by atoms with Crippen molar-refractivity contribution in [3.8, 4) is 10.7 Å². The zero-order valence-corrected chi connectivity index (χ0v) is 10.6. The third-order valence-electron chi connectivity index (χ3n) is 2.43. The minimum absolute atomic E-state index is 0.473. The van der Waals surface area contributed by atoms with Crippen LogP contribution in [0.1, 0.15) is 0 Å². The summed E-state index contributed by atoms with van der Waals surface area (Å²) in [5.41, 5.74) is 6.41. The average Bonchev–Trinajstić information content (AvgIpc) is 2.98. The predicted molar refractivity (Wildman–Crippen MR) is 68.5 cm³/mol. The van der Waals surface area contributed by atoms with Crippen molar-refractivity contribution in [1.29, 1.82) is 0 Å². The molecule has 0 amide bonds. The summed E-state index contributed by atoms with van der Waals surface area (Å²) < 4.78 is 5.31. The lowest BCUT2D eigenvalue weighted by molar-refractivity contribution is 0.122. The maximum atomic E-state index is 5.56. The summed E-state index contributed by atoms with van der Waals surface area (Å²) in [6, 6.07) is 0. The van der Waals surface area contributed by atoms with Gasteiger partial charge < -0.3 is 15.4 Å². The molecule has 0 aliphatic carbocycles. The van der Waals surface area contributed by atoms with Crippen LogP contribution in [-0.4, -0.2) is 41.5 Å². The lowest BCUT2D eigenvalue weighted by atomic mass is 10.4. The molecule has 0 atom stereocenters. The van der Waals surface area contributed by atoms with Crippen LogP contribution in [0.15, 0.2) is 5.38 Å². The van der Waals surface area contributed by atoms with Crippen LogP contribution in [0.2, 0.25) is 0 Å². The largest absolute Gasteiger partial charge is 0.378 e. The molecule has 2 aromatic heterocycles. The number of hydrogen-bond donors (Lipinski definition) is 1. The molecule has 0 bridgehead atoms. The Balaban J connectivity index is 1.82. The van der Waals surface area contributed by atoms with Gasteiger partial charge in [-0.25, -0.2) is 4.98 Å². The van der Waals surface area contributed by atoms with Crippen LogP contribution in [0.25, 0.3) is 10.7 Å². The van der Waals surface area contributed by atoms with Crippen LogP contribution >= 0.6 is 22.7 Å². The smallest absolute Gasteiger partial charge is 0.203 e. The van der Waals surface area contributed by atoms with Crippen LogP contribution in [0.3, 0.4) is 0 Å². The second-order valence-electron chi connectivity index (χ2n) is 3.56. The maximum Gasteiger partial charge on any atom is 0.203 e. The number of ether oxygens (including phenoxy) is 1. The van der Waals surface area contributed by atoms with Crippen molar-refractivity contribution in [1.82, 2.24) is 15.2 Å². The highest BCUT2D eigenvalue weighted by atomic mass is 32.1. The number of aromatic nitrogens is 3. The lowest BCUT2D eigenvalue weighted by Gasteiger charge is -2.25. The minimum Gasteiger partial charge on any atom is -0.378 e. The SMILES string of the molecule is Nc1nnc(-c2csc(N3CCOCC3)n2)s1.